The van der Waals surface area contributed by atoms with Gasteiger partial charge in [0.15, 0.2) is 12.0 Å². The number of aryl methyl sites for hydroxylation is 2. The molecule has 1 aromatic heterocycles. The molecule has 1 heterocycles. The van der Waals surface area contributed by atoms with E-state index in [2.05, 4.69) is 25.9 Å². The molecule has 0 amide bonds. The minimum absolute atomic E-state index is 0.0823. The average molecular weight is 345 g/mol. The van der Waals surface area contributed by atoms with Gasteiger partial charge in [-0.2, -0.15) is 5.26 Å². The van der Waals surface area contributed by atoms with Gasteiger partial charge in [0.1, 0.15) is 0 Å². The summed E-state index contributed by atoms with van der Waals surface area (Å²) >= 11 is 3.32. The molecule has 0 spiro atoms. The van der Waals surface area contributed by atoms with E-state index in [0.717, 1.165) is 15.9 Å². The number of ketones is 1. The zero-order valence-corrected chi connectivity index (χ0v) is 13.3. The highest BCUT2D eigenvalue weighted by atomic mass is 79.9. The summed E-state index contributed by atoms with van der Waals surface area (Å²) < 4.78 is 0.897. The van der Waals surface area contributed by atoms with Crippen LogP contribution in [0.2, 0.25) is 0 Å². The van der Waals surface area contributed by atoms with E-state index in [4.69, 9.17) is 0 Å². The number of anilines is 1. The van der Waals surface area contributed by atoms with E-state index in [9.17, 15) is 10.1 Å². The van der Waals surface area contributed by atoms with Gasteiger partial charge < -0.3 is 0 Å². The Balaban J connectivity index is 2.21. The Morgan fingerprint density at radius 1 is 1.24 bits per heavy atom. The molecule has 0 aliphatic heterocycles. The van der Waals surface area contributed by atoms with Crippen molar-refractivity contribution in [3.05, 3.63) is 51.8 Å². The van der Waals surface area contributed by atoms with Gasteiger partial charge in [-0.25, -0.2) is 14.9 Å². The Kier molecular flexibility index (Phi) is 4.66. The molecule has 106 valence electrons. The van der Waals surface area contributed by atoms with E-state index < -0.39 is 0 Å². The van der Waals surface area contributed by atoms with Crippen LogP contribution in [0.4, 0.5) is 5.95 Å². The van der Waals surface area contributed by atoms with Crippen molar-refractivity contribution in [2.45, 2.75) is 13.8 Å². The number of rotatable bonds is 4. The molecule has 0 aliphatic carbocycles. The third-order valence-corrected chi connectivity index (χ3v) is 3.33. The predicted octanol–water partition coefficient (Wildman–Crippen LogP) is 3.03. The molecule has 0 unspecified atom stereocenters. The second-order valence-electron chi connectivity index (χ2n) is 4.57. The Bertz CT molecular complexity index is 686. The number of carbonyl (C=O) groups excluding carboxylic acids is 1. The van der Waals surface area contributed by atoms with Gasteiger partial charge >= 0.3 is 0 Å². The zero-order chi connectivity index (χ0) is 15.4. The van der Waals surface area contributed by atoms with E-state index in [1.165, 1.54) is 4.90 Å². The number of nitrogens with zero attached hydrogens (tertiary/aromatic N) is 4. The van der Waals surface area contributed by atoms with Crippen LogP contribution in [-0.4, -0.2) is 22.3 Å². The Morgan fingerprint density at radius 3 is 2.33 bits per heavy atom. The summed E-state index contributed by atoms with van der Waals surface area (Å²) in [5.41, 5.74) is 2.06. The largest absolute Gasteiger partial charge is 0.292 e. The van der Waals surface area contributed by atoms with Gasteiger partial charge in [0.05, 0.1) is 6.54 Å². The summed E-state index contributed by atoms with van der Waals surface area (Å²) in [5, 5.41) is 9.24. The van der Waals surface area contributed by atoms with Gasteiger partial charge in [-0.3, -0.25) is 4.79 Å². The number of hydrogen-bond donors (Lipinski definition) is 0. The Morgan fingerprint density at radius 2 is 1.81 bits per heavy atom. The number of Topliss-reactive ketones (excluding diaryl/α,β-unsaturated/α-hetero) is 1. The minimum atomic E-state index is -0.160. The Labute approximate surface area is 131 Å². The third kappa shape index (κ3) is 3.86. The normalized spacial score (nSPS) is 10.0. The first kappa shape index (κ1) is 15.1. The molecule has 0 radical (unpaired) electrons. The highest BCUT2D eigenvalue weighted by Gasteiger charge is 2.16. The van der Waals surface area contributed by atoms with Crippen molar-refractivity contribution >= 4 is 27.7 Å². The van der Waals surface area contributed by atoms with Crippen LogP contribution in [-0.2, 0) is 0 Å². The van der Waals surface area contributed by atoms with Crippen molar-refractivity contribution < 1.29 is 4.79 Å². The van der Waals surface area contributed by atoms with Gasteiger partial charge in [-0.05, 0) is 32.0 Å². The van der Waals surface area contributed by atoms with Crippen molar-refractivity contribution in [2.75, 3.05) is 11.4 Å². The summed E-state index contributed by atoms with van der Waals surface area (Å²) in [4.78, 5) is 21.8. The average Bonchev–Trinajstić information content (AvgIpc) is 2.44. The lowest BCUT2D eigenvalue weighted by Gasteiger charge is -2.13. The number of halogens is 1. The fourth-order valence-corrected chi connectivity index (χ4v) is 2.11. The number of hydrogen-bond acceptors (Lipinski definition) is 5. The molecule has 0 aliphatic rings. The van der Waals surface area contributed by atoms with Gasteiger partial charge in [0, 0.05) is 21.4 Å². The zero-order valence-electron chi connectivity index (χ0n) is 11.7. The first-order chi connectivity index (χ1) is 9.99. The van der Waals surface area contributed by atoms with E-state index in [-0.39, 0.29) is 18.3 Å². The lowest BCUT2D eigenvalue weighted by molar-refractivity contribution is 0.100. The number of nitriles is 1. The first-order valence-electron chi connectivity index (χ1n) is 6.28. The van der Waals surface area contributed by atoms with Crippen molar-refractivity contribution in [2.24, 2.45) is 0 Å². The molecule has 0 N–H and O–H groups in total. The molecule has 5 nitrogen and oxygen atoms in total. The van der Waals surface area contributed by atoms with Crippen LogP contribution in [0.25, 0.3) is 0 Å². The van der Waals surface area contributed by atoms with Crippen LogP contribution in [0, 0.1) is 25.3 Å². The number of aromatic nitrogens is 2. The monoisotopic (exact) mass is 344 g/mol. The highest BCUT2D eigenvalue weighted by Crippen LogP contribution is 2.13. The van der Waals surface area contributed by atoms with Gasteiger partial charge in [-0.1, -0.05) is 28.1 Å². The topological polar surface area (TPSA) is 69.9 Å². The summed E-state index contributed by atoms with van der Waals surface area (Å²) in [6.45, 7) is 3.57. The van der Waals surface area contributed by atoms with Gasteiger partial charge in [0.25, 0.3) is 0 Å². The molecule has 0 saturated heterocycles. The molecule has 2 aromatic rings. The maximum atomic E-state index is 12.2. The third-order valence-electron chi connectivity index (χ3n) is 2.80. The van der Waals surface area contributed by atoms with Crippen molar-refractivity contribution in [3.8, 4) is 6.19 Å². The lowest BCUT2D eigenvalue weighted by atomic mass is 10.1. The molecule has 21 heavy (non-hydrogen) atoms. The van der Waals surface area contributed by atoms with Crippen LogP contribution in [0.5, 0.6) is 0 Å². The van der Waals surface area contributed by atoms with Crippen molar-refractivity contribution in [3.63, 3.8) is 0 Å². The maximum Gasteiger partial charge on any atom is 0.239 e. The molecule has 0 saturated carbocycles. The fourth-order valence-electron chi connectivity index (χ4n) is 1.85. The molecule has 0 bridgehead atoms. The molecular formula is C15H13BrN4O. The molecule has 2 rings (SSSR count). The van der Waals surface area contributed by atoms with E-state index in [1.807, 2.05) is 26.1 Å². The van der Waals surface area contributed by atoms with E-state index in [1.54, 1.807) is 24.3 Å². The molecule has 0 fully saturated rings. The molecule has 1 aromatic carbocycles. The molecule has 0 atom stereocenters. The highest BCUT2D eigenvalue weighted by molar-refractivity contribution is 9.10. The van der Waals surface area contributed by atoms with Crippen LogP contribution >= 0.6 is 15.9 Å². The SMILES string of the molecule is Cc1cc(C)nc(N(C#N)CC(=O)c2ccc(Br)cc2)n1. The maximum absolute atomic E-state index is 12.2. The number of carbonyl (C=O) groups is 1. The van der Waals surface area contributed by atoms with Crippen molar-refractivity contribution in [1.29, 1.82) is 5.26 Å². The smallest absolute Gasteiger partial charge is 0.239 e. The fraction of sp³-hybridized carbons (Fsp3) is 0.200. The predicted molar refractivity (Wildman–Crippen MR) is 82.9 cm³/mol. The quantitative estimate of drug-likeness (QED) is 0.484. The summed E-state index contributed by atoms with van der Waals surface area (Å²) in [7, 11) is 0. The first-order valence-corrected chi connectivity index (χ1v) is 7.07. The van der Waals surface area contributed by atoms with Crippen LogP contribution < -0.4 is 4.90 Å². The second kappa shape index (κ2) is 6.46. The number of benzene rings is 1. The van der Waals surface area contributed by atoms with Gasteiger partial charge in [0.2, 0.25) is 5.95 Å². The summed E-state index contributed by atoms with van der Waals surface area (Å²) in [6, 6.07) is 8.82. The van der Waals surface area contributed by atoms with Crippen molar-refractivity contribution in [1.82, 2.24) is 9.97 Å². The summed E-state index contributed by atoms with van der Waals surface area (Å²) in [5.74, 6) is 0.0901. The second-order valence-corrected chi connectivity index (χ2v) is 5.48. The summed E-state index contributed by atoms with van der Waals surface area (Å²) in [6.07, 6.45) is 1.96. The standard InChI is InChI=1S/C15H13BrN4O/c1-10-7-11(2)19-15(18-10)20(9-17)8-14(21)12-3-5-13(16)6-4-12/h3-7H,8H2,1-2H3. The Hall–Kier alpha value is -2.26. The molecule has 6 heteroatoms. The lowest BCUT2D eigenvalue weighted by Crippen LogP contribution is -2.27. The van der Waals surface area contributed by atoms with E-state index in [0.29, 0.717) is 5.56 Å². The van der Waals surface area contributed by atoms with Crippen LogP contribution in [0.1, 0.15) is 21.7 Å². The van der Waals surface area contributed by atoms with Crippen LogP contribution in [0.3, 0.4) is 0 Å². The van der Waals surface area contributed by atoms with E-state index >= 15 is 0 Å². The van der Waals surface area contributed by atoms with Gasteiger partial charge in [-0.15, -0.1) is 0 Å². The molecular weight excluding hydrogens is 332 g/mol. The minimum Gasteiger partial charge on any atom is -0.292 e. The van der Waals surface area contributed by atoms with Crippen LogP contribution in [0.15, 0.2) is 34.8 Å².